The number of rotatable bonds is 3. The topological polar surface area (TPSA) is 12.9 Å². The molecule has 0 N–H and O–H groups in total. The molecule has 0 aliphatic carbocycles. The molecule has 0 aliphatic rings. The summed E-state index contributed by atoms with van der Waals surface area (Å²) in [6, 6.07) is 31.9. The van der Waals surface area contributed by atoms with E-state index in [9.17, 15) is 0 Å². The second-order valence-corrected chi connectivity index (χ2v) is 10.2. The summed E-state index contributed by atoms with van der Waals surface area (Å²) in [5.41, 5.74) is 2.86. The first kappa shape index (κ1) is 19.1. The SMILES string of the molecule is [2H]C([2H])(c1ccc(C)cc1)c1cc(-c2cc3ccccc3c3c2sc2cc4ccccc4cc23)ncc1F. The van der Waals surface area contributed by atoms with E-state index in [2.05, 4.69) is 59.6 Å². The molecule has 1 nitrogen and oxygen atoms in total. The van der Waals surface area contributed by atoms with Crippen molar-refractivity contribution in [3.05, 3.63) is 126 Å². The molecule has 2 heterocycles. The normalized spacial score (nSPS) is 12.9. The number of hydrogen-bond acceptors (Lipinski definition) is 2. The molecule has 0 saturated heterocycles. The summed E-state index contributed by atoms with van der Waals surface area (Å²) in [5, 5.41) is 6.92. The predicted octanol–water partition coefficient (Wildman–Crippen LogP) is 9.46. The largest absolute Gasteiger partial charge is 0.253 e. The van der Waals surface area contributed by atoms with Crippen molar-refractivity contribution in [2.24, 2.45) is 0 Å². The lowest BCUT2D eigenvalue weighted by Gasteiger charge is -2.10. The van der Waals surface area contributed by atoms with Crippen molar-refractivity contribution in [1.29, 1.82) is 0 Å². The lowest BCUT2D eigenvalue weighted by atomic mass is 9.96. The molecular weight excluding hydrogens is 461 g/mol. The molecular formula is C33H22FNS. The van der Waals surface area contributed by atoms with Crippen molar-refractivity contribution in [2.75, 3.05) is 0 Å². The lowest BCUT2D eigenvalue weighted by molar-refractivity contribution is 0.608. The quantitative estimate of drug-likeness (QED) is 0.243. The number of aromatic nitrogens is 1. The monoisotopic (exact) mass is 485 g/mol. The third-order valence-corrected chi connectivity index (χ3v) is 7.98. The molecule has 36 heavy (non-hydrogen) atoms. The van der Waals surface area contributed by atoms with Crippen molar-refractivity contribution in [3.8, 4) is 11.3 Å². The average Bonchev–Trinajstić information content (AvgIpc) is 3.30. The summed E-state index contributed by atoms with van der Waals surface area (Å²) < 4.78 is 35.1. The number of benzene rings is 5. The van der Waals surface area contributed by atoms with Crippen LogP contribution in [0.1, 0.15) is 19.4 Å². The molecule has 0 amide bonds. The van der Waals surface area contributed by atoms with Gasteiger partial charge in [-0.2, -0.15) is 0 Å². The van der Waals surface area contributed by atoms with Gasteiger partial charge in [0.15, 0.2) is 0 Å². The van der Waals surface area contributed by atoms with Crippen LogP contribution in [-0.4, -0.2) is 4.98 Å². The van der Waals surface area contributed by atoms with Crippen LogP contribution in [0.2, 0.25) is 0 Å². The Kier molecular flexibility index (Phi) is 4.39. The molecule has 172 valence electrons. The highest BCUT2D eigenvalue weighted by Gasteiger charge is 2.17. The van der Waals surface area contributed by atoms with E-state index >= 15 is 4.39 Å². The van der Waals surface area contributed by atoms with Gasteiger partial charge >= 0.3 is 0 Å². The Bertz CT molecular complexity index is 2030. The molecule has 0 spiro atoms. The van der Waals surface area contributed by atoms with Gasteiger partial charge in [0.05, 0.1) is 11.9 Å². The highest BCUT2D eigenvalue weighted by molar-refractivity contribution is 7.26. The second kappa shape index (κ2) is 8.25. The van der Waals surface area contributed by atoms with E-state index in [1.54, 1.807) is 29.5 Å². The van der Waals surface area contributed by atoms with Crippen molar-refractivity contribution >= 4 is 53.1 Å². The van der Waals surface area contributed by atoms with Gasteiger partial charge in [0.25, 0.3) is 0 Å². The number of pyridine rings is 1. The Balaban J connectivity index is 1.52. The second-order valence-electron chi connectivity index (χ2n) is 9.19. The number of fused-ring (bicyclic) bond motifs is 6. The van der Waals surface area contributed by atoms with Gasteiger partial charge in [-0.1, -0.05) is 78.4 Å². The minimum absolute atomic E-state index is 0.0143. The Morgan fingerprint density at radius 2 is 1.53 bits per heavy atom. The first-order chi connectivity index (χ1) is 18.4. The summed E-state index contributed by atoms with van der Waals surface area (Å²) in [6.45, 7) is 1.95. The van der Waals surface area contributed by atoms with E-state index in [0.29, 0.717) is 11.3 Å². The van der Waals surface area contributed by atoms with E-state index in [1.807, 2.05) is 31.2 Å². The maximum Gasteiger partial charge on any atom is 0.145 e. The van der Waals surface area contributed by atoms with Gasteiger partial charge in [-0.3, -0.25) is 4.98 Å². The highest BCUT2D eigenvalue weighted by atomic mass is 32.1. The fourth-order valence-electron chi connectivity index (χ4n) is 4.98. The number of nitrogens with zero attached hydrogens (tertiary/aromatic N) is 1. The molecule has 3 heteroatoms. The molecule has 5 aromatic carbocycles. The Morgan fingerprint density at radius 1 is 0.806 bits per heavy atom. The van der Waals surface area contributed by atoms with Gasteiger partial charge < -0.3 is 0 Å². The molecule has 0 saturated carbocycles. The summed E-state index contributed by atoms with van der Waals surface area (Å²) in [4.78, 5) is 4.48. The van der Waals surface area contributed by atoms with Crippen LogP contribution in [-0.2, 0) is 6.37 Å². The van der Waals surface area contributed by atoms with Crippen molar-refractivity contribution in [1.82, 2.24) is 4.98 Å². The summed E-state index contributed by atoms with van der Waals surface area (Å²) in [5.74, 6) is -0.654. The minimum Gasteiger partial charge on any atom is -0.253 e. The van der Waals surface area contributed by atoms with Gasteiger partial charge in [0.1, 0.15) is 5.82 Å². The van der Waals surface area contributed by atoms with Gasteiger partial charge in [-0.05, 0) is 63.9 Å². The fourth-order valence-corrected chi connectivity index (χ4v) is 6.25. The molecule has 2 aromatic heterocycles. The van der Waals surface area contributed by atoms with Crippen LogP contribution in [0.3, 0.4) is 0 Å². The van der Waals surface area contributed by atoms with Crippen LogP contribution in [0.25, 0.3) is 53.0 Å². The average molecular weight is 486 g/mol. The van der Waals surface area contributed by atoms with Crippen molar-refractivity contribution < 1.29 is 7.13 Å². The molecule has 0 atom stereocenters. The summed E-state index contributed by atoms with van der Waals surface area (Å²) >= 11 is 1.70. The predicted molar refractivity (Wildman–Crippen MR) is 152 cm³/mol. The molecule has 0 aliphatic heterocycles. The third kappa shape index (κ3) is 3.47. The van der Waals surface area contributed by atoms with Crippen LogP contribution in [0.15, 0.2) is 103 Å². The van der Waals surface area contributed by atoms with E-state index in [1.165, 1.54) is 20.9 Å². The van der Waals surface area contributed by atoms with E-state index in [0.717, 1.165) is 38.2 Å². The van der Waals surface area contributed by atoms with Crippen LogP contribution in [0.5, 0.6) is 0 Å². The molecule has 0 fully saturated rings. The Labute approximate surface area is 215 Å². The maximum absolute atomic E-state index is 15.1. The number of halogens is 1. The van der Waals surface area contributed by atoms with Gasteiger partial charge in [-0.15, -0.1) is 11.3 Å². The number of aryl methyl sites for hydroxylation is 1. The fraction of sp³-hybridized carbons (Fsp3) is 0.0606. The zero-order chi connectivity index (χ0) is 26.0. The molecule has 0 bridgehead atoms. The molecule has 0 unspecified atom stereocenters. The smallest absolute Gasteiger partial charge is 0.145 e. The van der Waals surface area contributed by atoms with Crippen LogP contribution in [0.4, 0.5) is 4.39 Å². The van der Waals surface area contributed by atoms with Crippen LogP contribution >= 0.6 is 11.3 Å². The molecule has 7 rings (SSSR count). The van der Waals surface area contributed by atoms with E-state index in [-0.39, 0.29) is 5.56 Å². The Morgan fingerprint density at radius 3 is 2.33 bits per heavy atom. The zero-order valence-corrected chi connectivity index (χ0v) is 20.4. The van der Waals surface area contributed by atoms with Crippen LogP contribution < -0.4 is 0 Å². The third-order valence-electron chi connectivity index (χ3n) is 6.79. The number of thiophene rings is 1. The highest BCUT2D eigenvalue weighted by Crippen LogP contribution is 2.45. The lowest BCUT2D eigenvalue weighted by Crippen LogP contribution is -1.96. The van der Waals surface area contributed by atoms with Crippen molar-refractivity contribution in [3.63, 3.8) is 0 Å². The van der Waals surface area contributed by atoms with E-state index < -0.39 is 12.2 Å². The first-order valence-corrected chi connectivity index (χ1v) is 12.7. The molecule has 0 radical (unpaired) electrons. The standard InChI is InChI=1S/C33H22FNS/c1-20-10-12-21(13-11-20)14-25-17-30(35-19-29(25)34)27-16-24-8-4-5-9-26(24)32-28-15-22-6-2-3-7-23(22)18-31(28)36-33(27)32/h2-13,15-19H,14H2,1H3/i14D2. The number of hydrogen-bond donors (Lipinski definition) is 0. The van der Waals surface area contributed by atoms with E-state index in [4.69, 9.17) is 2.74 Å². The summed E-state index contributed by atoms with van der Waals surface area (Å²) in [7, 11) is 0. The summed E-state index contributed by atoms with van der Waals surface area (Å²) in [6.07, 6.45) is -0.858. The van der Waals surface area contributed by atoms with Crippen LogP contribution in [0, 0.1) is 12.7 Å². The Hall–Kier alpha value is -4.08. The zero-order valence-electron chi connectivity index (χ0n) is 21.5. The van der Waals surface area contributed by atoms with Gasteiger partial charge in [0.2, 0.25) is 0 Å². The van der Waals surface area contributed by atoms with Gasteiger partial charge in [-0.25, -0.2) is 4.39 Å². The van der Waals surface area contributed by atoms with Crippen molar-refractivity contribution in [2.45, 2.75) is 13.3 Å². The minimum atomic E-state index is -2.01. The van der Waals surface area contributed by atoms with Gasteiger partial charge in [0, 0.05) is 34.9 Å². The maximum atomic E-state index is 15.1. The first-order valence-electron chi connectivity index (χ1n) is 12.9. The molecule has 7 aromatic rings.